The number of nitrogens with zero attached hydrogens (tertiary/aromatic N) is 2. The predicted octanol–water partition coefficient (Wildman–Crippen LogP) is 1.37. The van der Waals surface area contributed by atoms with Gasteiger partial charge in [0.2, 0.25) is 0 Å². The smallest absolute Gasteiger partial charge is 0.257 e. The zero-order valence-corrected chi connectivity index (χ0v) is 8.79. The maximum atomic E-state index is 11.8. The van der Waals surface area contributed by atoms with Gasteiger partial charge in [-0.1, -0.05) is 12.2 Å². The number of amides is 1. The summed E-state index contributed by atoms with van der Waals surface area (Å²) in [6, 6.07) is 0. The summed E-state index contributed by atoms with van der Waals surface area (Å²) in [5.74, 6) is -0.0285. The predicted molar refractivity (Wildman–Crippen MR) is 55.1 cm³/mol. The molecule has 0 aliphatic heterocycles. The molecular weight excluding hydrogens is 178 g/mol. The molecule has 76 valence electrons. The number of carbonyl (C=O) groups is 1. The summed E-state index contributed by atoms with van der Waals surface area (Å²) in [6.45, 7) is 8.06. The lowest BCUT2D eigenvalue weighted by molar-refractivity contribution is 0.0806. The normalized spacial score (nSPS) is 9.93. The third-order valence-electron chi connectivity index (χ3n) is 1.91. The summed E-state index contributed by atoms with van der Waals surface area (Å²) in [4.78, 5) is 13.4. The minimum absolute atomic E-state index is 0.0285. The summed E-state index contributed by atoms with van der Waals surface area (Å²) < 4.78 is 0. The fraction of sp³-hybridized carbons (Fsp3) is 0.400. The summed E-state index contributed by atoms with van der Waals surface area (Å²) in [7, 11) is 1.75. The standard InChI is InChI=1S/C10H15N3O/c1-7(2)6-13(4)10(14)9-5-11-12-8(9)3/h5H,1,6H2,2-4H3,(H,11,12). The second kappa shape index (κ2) is 4.09. The molecule has 0 saturated carbocycles. The second-order valence-corrected chi connectivity index (χ2v) is 3.53. The van der Waals surface area contributed by atoms with Crippen LogP contribution in [0.2, 0.25) is 0 Å². The Bertz CT molecular complexity index is 354. The monoisotopic (exact) mass is 193 g/mol. The van der Waals surface area contributed by atoms with E-state index in [9.17, 15) is 4.79 Å². The number of aromatic nitrogens is 2. The fourth-order valence-corrected chi connectivity index (χ4v) is 1.25. The molecule has 0 atom stereocenters. The molecule has 0 saturated heterocycles. The van der Waals surface area contributed by atoms with E-state index in [0.717, 1.165) is 11.3 Å². The molecule has 0 fully saturated rings. The van der Waals surface area contributed by atoms with Crippen molar-refractivity contribution in [2.45, 2.75) is 13.8 Å². The van der Waals surface area contributed by atoms with Gasteiger partial charge in [-0.2, -0.15) is 5.10 Å². The molecule has 1 heterocycles. The van der Waals surface area contributed by atoms with Gasteiger partial charge >= 0.3 is 0 Å². The zero-order chi connectivity index (χ0) is 10.7. The van der Waals surface area contributed by atoms with Crippen LogP contribution in [0.3, 0.4) is 0 Å². The molecule has 0 aliphatic rings. The Labute approximate surface area is 83.6 Å². The molecular formula is C10H15N3O. The van der Waals surface area contributed by atoms with E-state index >= 15 is 0 Å². The minimum atomic E-state index is -0.0285. The van der Waals surface area contributed by atoms with Gasteiger partial charge in [0.05, 0.1) is 11.8 Å². The Morgan fingerprint density at radius 1 is 1.71 bits per heavy atom. The lowest BCUT2D eigenvalue weighted by Crippen LogP contribution is -2.28. The van der Waals surface area contributed by atoms with Gasteiger partial charge < -0.3 is 4.90 Å². The van der Waals surface area contributed by atoms with Crippen molar-refractivity contribution in [2.24, 2.45) is 0 Å². The first-order chi connectivity index (χ1) is 6.52. The molecule has 1 amide bonds. The molecule has 1 rings (SSSR count). The van der Waals surface area contributed by atoms with E-state index in [0.29, 0.717) is 12.1 Å². The first-order valence-electron chi connectivity index (χ1n) is 4.42. The number of aryl methyl sites for hydroxylation is 1. The van der Waals surface area contributed by atoms with E-state index in [1.54, 1.807) is 18.1 Å². The van der Waals surface area contributed by atoms with E-state index < -0.39 is 0 Å². The molecule has 0 radical (unpaired) electrons. The number of H-pyrrole nitrogens is 1. The number of nitrogens with one attached hydrogen (secondary N) is 1. The molecule has 0 unspecified atom stereocenters. The van der Waals surface area contributed by atoms with E-state index in [4.69, 9.17) is 0 Å². The summed E-state index contributed by atoms with van der Waals surface area (Å²) >= 11 is 0. The highest BCUT2D eigenvalue weighted by atomic mass is 16.2. The summed E-state index contributed by atoms with van der Waals surface area (Å²) in [5, 5.41) is 6.55. The minimum Gasteiger partial charge on any atom is -0.338 e. The SMILES string of the molecule is C=C(C)CN(C)C(=O)c1cn[nH]c1C. The van der Waals surface area contributed by atoms with Crippen molar-refractivity contribution in [3.05, 3.63) is 29.6 Å². The molecule has 0 aromatic carbocycles. The number of likely N-dealkylation sites (N-methyl/N-ethyl adjacent to an activating group) is 1. The maximum Gasteiger partial charge on any atom is 0.257 e. The Kier molecular flexibility index (Phi) is 3.06. The van der Waals surface area contributed by atoms with Crippen LogP contribution in [-0.4, -0.2) is 34.6 Å². The number of hydrogen-bond donors (Lipinski definition) is 1. The first-order valence-corrected chi connectivity index (χ1v) is 4.42. The third-order valence-corrected chi connectivity index (χ3v) is 1.91. The van der Waals surface area contributed by atoms with Crippen LogP contribution >= 0.6 is 0 Å². The van der Waals surface area contributed by atoms with Gasteiger partial charge in [-0.15, -0.1) is 0 Å². The molecule has 1 N–H and O–H groups in total. The van der Waals surface area contributed by atoms with Gasteiger partial charge in [0.1, 0.15) is 0 Å². The molecule has 0 spiro atoms. The van der Waals surface area contributed by atoms with Crippen LogP contribution in [-0.2, 0) is 0 Å². The second-order valence-electron chi connectivity index (χ2n) is 3.53. The molecule has 1 aromatic heterocycles. The highest BCUT2D eigenvalue weighted by Crippen LogP contribution is 2.07. The molecule has 4 nitrogen and oxygen atoms in total. The average molecular weight is 193 g/mol. The van der Waals surface area contributed by atoms with Crippen molar-refractivity contribution in [1.29, 1.82) is 0 Å². The van der Waals surface area contributed by atoms with Gasteiger partial charge in [0.25, 0.3) is 5.91 Å². The van der Waals surface area contributed by atoms with Crippen molar-refractivity contribution in [3.8, 4) is 0 Å². The summed E-state index contributed by atoms with van der Waals surface area (Å²) in [6.07, 6.45) is 1.55. The zero-order valence-electron chi connectivity index (χ0n) is 8.79. The quantitative estimate of drug-likeness (QED) is 0.737. The number of hydrogen-bond acceptors (Lipinski definition) is 2. The molecule has 14 heavy (non-hydrogen) atoms. The van der Waals surface area contributed by atoms with Crippen LogP contribution in [0.4, 0.5) is 0 Å². The largest absolute Gasteiger partial charge is 0.338 e. The van der Waals surface area contributed by atoms with Crippen LogP contribution < -0.4 is 0 Å². The Balaban J connectivity index is 2.76. The van der Waals surface area contributed by atoms with Crippen molar-refractivity contribution in [2.75, 3.05) is 13.6 Å². The van der Waals surface area contributed by atoms with Crippen LogP contribution in [0.15, 0.2) is 18.3 Å². The van der Waals surface area contributed by atoms with Gasteiger partial charge in [-0.05, 0) is 13.8 Å². The van der Waals surface area contributed by atoms with Crippen LogP contribution in [0.1, 0.15) is 23.0 Å². The van der Waals surface area contributed by atoms with E-state index in [1.165, 1.54) is 0 Å². The van der Waals surface area contributed by atoms with Gasteiger partial charge in [-0.25, -0.2) is 0 Å². The molecule has 0 bridgehead atoms. The van der Waals surface area contributed by atoms with Crippen molar-refractivity contribution in [3.63, 3.8) is 0 Å². The molecule has 0 aliphatic carbocycles. The fourth-order valence-electron chi connectivity index (χ4n) is 1.25. The lowest BCUT2D eigenvalue weighted by Gasteiger charge is -2.16. The lowest BCUT2D eigenvalue weighted by atomic mass is 10.2. The summed E-state index contributed by atoms with van der Waals surface area (Å²) in [5.41, 5.74) is 2.37. The third kappa shape index (κ3) is 2.22. The van der Waals surface area contributed by atoms with Crippen molar-refractivity contribution < 1.29 is 4.79 Å². The van der Waals surface area contributed by atoms with Crippen LogP contribution in [0, 0.1) is 6.92 Å². The first kappa shape index (κ1) is 10.5. The van der Waals surface area contributed by atoms with Gasteiger partial charge in [0, 0.05) is 19.3 Å². The average Bonchev–Trinajstić information content (AvgIpc) is 2.48. The Morgan fingerprint density at radius 2 is 2.36 bits per heavy atom. The van der Waals surface area contributed by atoms with Gasteiger partial charge in [0.15, 0.2) is 0 Å². The van der Waals surface area contributed by atoms with Crippen molar-refractivity contribution in [1.82, 2.24) is 15.1 Å². The molecule has 4 heteroatoms. The Morgan fingerprint density at radius 3 is 2.79 bits per heavy atom. The van der Waals surface area contributed by atoms with Crippen LogP contribution in [0.25, 0.3) is 0 Å². The number of aromatic amines is 1. The van der Waals surface area contributed by atoms with Gasteiger partial charge in [-0.3, -0.25) is 9.89 Å². The topological polar surface area (TPSA) is 49.0 Å². The highest BCUT2D eigenvalue weighted by Gasteiger charge is 2.14. The van der Waals surface area contributed by atoms with E-state index in [2.05, 4.69) is 16.8 Å². The number of carbonyl (C=O) groups excluding carboxylic acids is 1. The molecule has 1 aromatic rings. The van der Waals surface area contributed by atoms with Crippen LogP contribution in [0.5, 0.6) is 0 Å². The highest BCUT2D eigenvalue weighted by molar-refractivity contribution is 5.94. The van der Waals surface area contributed by atoms with Crippen molar-refractivity contribution >= 4 is 5.91 Å². The Hall–Kier alpha value is -1.58. The van der Waals surface area contributed by atoms with E-state index in [1.807, 2.05) is 13.8 Å². The van der Waals surface area contributed by atoms with E-state index in [-0.39, 0.29) is 5.91 Å². The number of rotatable bonds is 3. The maximum absolute atomic E-state index is 11.8.